The van der Waals surface area contributed by atoms with E-state index in [1.54, 1.807) is 29.9 Å². The predicted molar refractivity (Wildman–Crippen MR) is 94.1 cm³/mol. The lowest BCUT2D eigenvalue weighted by atomic mass is 10.2. The molecule has 26 heavy (non-hydrogen) atoms. The topological polar surface area (TPSA) is 90.8 Å². The number of rotatable bonds is 5. The molecule has 3 heterocycles. The van der Waals surface area contributed by atoms with Crippen molar-refractivity contribution in [1.29, 1.82) is 0 Å². The number of aromatic nitrogens is 3. The molecule has 0 saturated heterocycles. The third-order valence-electron chi connectivity index (χ3n) is 4.14. The summed E-state index contributed by atoms with van der Waals surface area (Å²) in [6.07, 6.45) is 3.05. The number of carbonyl (C=O) groups excluding carboxylic acids is 1. The van der Waals surface area contributed by atoms with Crippen molar-refractivity contribution in [3.05, 3.63) is 64.9 Å². The summed E-state index contributed by atoms with van der Waals surface area (Å²) < 4.78 is 13.2. The van der Waals surface area contributed by atoms with Crippen molar-refractivity contribution in [2.45, 2.75) is 13.1 Å². The van der Waals surface area contributed by atoms with Gasteiger partial charge >= 0.3 is 0 Å². The summed E-state index contributed by atoms with van der Waals surface area (Å²) in [4.78, 5) is 24.7. The summed E-state index contributed by atoms with van der Waals surface area (Å²) in [5.74, 6) is 0.416. The van der Waals surface area contributed by atoms with Gasteiger partial charge in [-0.3, -0.25) is 14.0 Å². The van der Waals surface area contributed by atoms with Gasteiger partial charge in [0.2, 0.25) is 5.91 Å². The zero-order valence-electron chi connectivity index (χ0n) is 14.0. The molecule has 0 fully saturated rings. The van der Waals surface area contributed by atoms with E-state index in [0.717, 1.165) is 21.5 Å². The highest BCUT2D eigenvalue weighted by Gasteiger charge is 2.12. The number of hydrogen-bond donors (Lipinski definition) is 1. The number of furan rings is 1. The van der Waals surface area contributed by atoms with Crippen LogP contribution in [-0.4, -0.2) is 27.2 Å². The average molecular weight is 352 g/mol. The predicted octanol–water partition coefficient (Wildman–Crippen LogP) is 1.57. The van der Waals surface area contributed by atoms with Crippen LogP contribution >= 0.6 is 0 Å². The molecule has 0 atom stereocenters. The number of nitrogens with one attached hydrogen (secondary N) is 1. The number of hydrogen-bond acceptors (Lipinski definition) is 5. The van der Waals surface area contributed by atoms with Crippen LogP contribution in [0.5, 0.6) is 5.75 Å². The van der Waals surface area contributed by atoms with Gasteiger partial charge in [0.15, 0.2) is 5.58 Å². The summed E-state index contributed by atoms with van der Waals surface area (Å²) in [6, 6.07) is 10.8. The zero-order chi connectivity index (χ0) is 18.1. The molecule has 0 spiro atoms. The molecule has 0 radical (unpaired) electrons. The fourth-order valence-electron chi connectivity index (χ4n) is 2.82. The Kier molecular flexibility index (Phi) is 3.92. The Morgan fingerprint density at radius 3 is 3.00 bits per heavy atom. The molecule has 0 aliphatic carbocycles. The second-order valence-electron chi connectivity index (χ2n) is 5.79. The first-order valence-corrected chi connectivity index (χ1v) is 8.00. The van der Waals surface area contributed by atoms with Crippen LogP contribution in [0.15, 0.2) is 58.2 Å². The van der Waals surface area contributed by atoms with Crippen LogP contribution in [0.1, 0.15) is 5.56 Å². The number of nitrogens with zero attached hydrogens (tertiary/aromatic N) is 3. The highest BCUT2D eigenvalue weighted by molar-refractivity contribution is 5.82. The summed E-state index contributed by atoms with van der Waals surface area (Å²) in [6.45, 7) is 0.178. The quantitative estimate of drug-likeness (QED) is 0.589. The van der Waals surface area contributed by atoms with Gasteiger partial charge in [-0.1, -0.05) is 12.1 Å². The Hall–Kier alpha value is -3.55. The van der Waals surface area contributed by atoms with Crippen molar-refractivity contribution in [2.75, 3.05) is 7.11 Å². The molecule has 3 aromatic heterocycles. The minimum absolute atomic E-state index is 0.161. The van der Waals surface area contributed by atoms with E-state index in [0.29, 0.717) is 17.6 Å². The lowest BCUT2D eigenvalue weighted by Crippen LogP contribution is -2.33. The van der Waals surface area contributed by atoms with Gasteiger partial charge in [-0.25, -0.2) is 4.68 Å². The molecule has 0 bridgehead atoms. The molecule has 1 amide bonds. The smallest absolute Gasteiger partial charge is 0.291 e. The average Bonchev–Trinajstić information content (AvgIpc) is 3.24. The van der Waals surface area contributed by atoms with E-state index >= 15 is 0 Å². The maximum Gasteiger partial charge on any atom is 0.291 e. The molecular weight excluding hydrogens is 336 g/mol. The first kappa shape index (κ1) is 15.9. The van der Waals surface area contributed by atoms with Gasteiger partial charge in [0, 0.05) is 18.7 Å². The van der Waals surface area contributed by atoms with Crippen LogP contribution in [0, 0.1) is 0 Å². The van der Waals surface area contributed by atoms with E-state index in [1.807, 2.05) is 24.3 Å². The fourth-order valence-corrected chi connectivity index (χ4v) is 2.82. The van der Waals surface area contributed by atoms with E-state index in [9.17, 15) is 9.59 Å². The Labute approximate surface area is 147 Å². The number of benzene rings is 1. The van der Waals surface area contributed by atoms with Gasteiger partial charge in [-0.05, 0) is 17.7 Å². The Balaban J connectivity index is 1.50. The van der Waals surface area contributed by atoms with Crippen molar-refractivity contribution < 1.29 is 13.9 Å². The van der Waals surface area contributed by atoms with E-state index in [-0.39, 0.29) is 18.0 Å². The van der Waals surface area contributed by atoms with Crippen LogP contribution in [0.3, 0.4) is 0 Å². The van der Waals surface area contributed by atoms with E-state index in [1.165, 1.54) is 6.33 Å². The Morgan fingerprint density at radius 1 is 1.27 bits per heavy atom. The summed E-state index contributed by atoms with van der Waals surface area (Å²) in [5.41, 5.74) is 2.33. The summed E-state index contributed by atoms with van der Waals surface area (Å²) in [5, 5.41) is 6.85. The Bertz CT molecular complexity index is 1150. The molecule has 1 N–H and O–H groups in total. The van der Waals surface area contributed by atoms with Crippen LogP contribution in [0.25, 0.3) is 16.6 Å². The highest BCUT2D eigenvalue weighted by Crippen LogP contribution is 2.18. The van der Waals surface area contributed by atoms with Gasteiger partial charge in [-0.2, -0.15) is 5.10 Å². The third kappa shape index (κ3) is 2.81. The first-order valence-electron chi connectivity index (χ1n) is 8.00. The van der Waals surface area contributed by atoms with Crippen LogP contribution in [0.2, 0.25) is 0 Å². The molecular formula is C18H16N4O4. The van der Waals surface area contributed by atoms with E-state index in [2.05, 4.69) is 10.4 Å². The molecule has 4 aromatic rings. The molecule has 1 aromatic carbocycles. The minimum atomic E-state index is -0.351. The maximum atomic E-state index is 12.5. The van der Waals surface area contributed by atoms with Crippen LogP contribution in [0.4, 0.5) is 0 Å². The van der Waals surface area contributed by atoms with Gasteiger partial charge < -0.3 is 14.5 Å². The van der Waals surface area contributed by atoms with Crippen molar-refractivity contribution >= 4 is 22.5 Å². The van der Waals surface area contributed by atoms with E-state index < -0.39 is 0 Å². The largest absolute Gasteiger partial charge is 0.497 e. The SMILES string of the molecule is COc1cccc(CNC(=O)Cn2ncn3c(cc4occc43)c2=O)c1. The van der Waals surface area contributed by atoms with Crippen LogP contribution < -0.4 is 15.6 Å². The number of amides is 1. The summed E-state index contributed by atoms with van der Waals surface area (Å²) in [7, 11) is 1.59. The molecule has 0 aliphatic rings. The van der Waals surface area contributed by atoms with Crippen molar-refractivity contribution in [2.24, 2.45) is 0 Å². The molecule has 0 aliphatic heterocycles. The van der Waals surface area contributed by atoms with E-state index in [4.69, 9.17) is 9.15 Å². The molecule has 132 valence electrons. The monoisotopic (exact) mass is 352 g/mol. The van der Waals surface area contributed by atoms with Crippen molar-refractivity contribution in [3.8, 4) is 5.75 Å². The third-order valence-corrected chi connectivity index (χ3v) is 4.14. The van der Waals surface area contributed by atoms with Gasteiger partial charge in [0.1, 0.15) is 24.1 Å². The maximum absolute atomic E-state index is 12.5. The fraction of sp³-hybridized carbons (Fsp3) is 0.167. The second kappa shape index (κ2) is 6.40. The lowest BCUT2D eigenvalue weighted by molar-refractivity contribution is -0.122. The molecule has 4 rings (SSSR count). The minimum Gasteiger partial charge on any atom is -0.497 e. The number of methoxy groups -OCH3 is 1. The number of carbonyl (C=O) groups is 1. The zero-order valence-corrected chi connectivity index (χ0v) is 14.0. The Morgan fingerprint density at radius 2 is 2.15 bits per heavy atom. The number of fused-ring (bicyclic) bond motifs is 3. The van der Waals surface area contributed by atoms with Gasteiger partial charge in [0.25, 0.3) is 5.56 Å². The molecule has 0 unspecified atom stereocenters. The van der Waals surface area contributed by atoms with Crippen molar-refractivity contribution in [1.82, 2.24) is 19.5 Å². The summed E-state index contributed by atoms with van der Waals surface area (Å²) >= 11 is 0. The second-order valence-corrected chi connectivity index (χ2v) is 5.79. The highest BCUT2D eigenvalue weighted by atomic mass is 16.5. The molecule has 8 heteroatoms. The molecule has 0 saturated carbocycles. The standard InChI is InChI=1S/C18H16N4O4/c1-25-13-4-2-3-12(7-13)9-19-17(23)10-22-18(24)15-8-16-14(5-6-26-16)21(15)11-20-22/h2-8,11H,9-10H2,1H3,(H,19,23). The first-order chi connectivity index (χ1) is 12.7. The lowest BCUT2D eigenvalue weighted by Gasteiger charge is -2.08. The van der Waals surface area contributed by atoms with Crippen molar-refractivity contribution in [3.63, 3.8) is 0 Å². The van der Waals surface area contributed by atoms with Crippen LogP contribution in [-0.2, 0) is 17.9 Å². The molecule has 8 nitrogen and oxygen atoms in total. The normalized spacial score (nSPS) is 11.1. The number of ether oxygens (including phenoxy) is 1. The van der Waals surface area contributed by atoms with Gasteiger partial charge in [-0.15, -0.1) is 0 Å². The van der Waals surface area contributed by atoms with Gasteiger partial charge in [0.05, 0.1) is 18.9 Å².